The van der Waals surface area contributed by atoms with Crippen LogP contribution in [0.4, 0.5) is 5.69 Å². The Morgan fingerprint density at radius 3 is 2.63 bits per heavy atom. The Bertz CT molecular complexity index is 532. The van der Waals surface area contributed by atoms with E-state index in [1.54, 1.807) is 6.92 Å². The standard InChI is InChI=1S/C11H11BrN2O5/c1-2-8(11(16)17)13-10(15)6-3-4-7(12)9(5-6)14(18)19/h3-5,8H,2H2,1H3,(H,13,15)(H,16,17)/t8-/m0/s1. The van der Waals surface area contributed by atoms with Gasteiger partial charge in [-0.1, -0.05) is 6.92 Å². The fraction of sp³-hybridized carbons (Fsp3) is 0.273. The lowest BCUT2D eigenvalue weighted by atomic mass is 10.1. The summed E-state index contributed by atoms with van der Waals surface area (Å²) in [5, 5.41) is 21.9. The summed E-state index contributed by atoms with van der Waals surface area (Å²) in [6, 6.07) is 2.82. The number of nitro groups is 1. The average molecular weight is 331 g/mol. The number of carbonyl (C=O) groups excluding carboxylic acids is 1. The molecule has 0 saturated carbocycles. The Kier molecular flexibility index (Phi) is 4.99. The number of nitro benzene ring substituents is 1. The molecule has 7 nitrogen and oxygen atoms in total. The molecule has 0 unspecified atom stereocenters. The number of hydrogen-bond acceptors (Lipinski definition) is 4. The number of nitrogens with one attached hydrogen (secondary N) is 1. The molecule has 1 amide bonds. The van der Waals surface area contributed by atoms with Crippen LogP contribution in [0.1, 0.15) is 23.7 Å². The Morgan fingerprint density at radius 2 is 2.16 bits per heavy atom. The van der Waals surface area contributed by atoms with E-state index >= 15 is 0 Å². The molecule has 0 fully saturated rings. The van der Waals surface area contributed by atoms with E-state index in [-0.39, 0.29) is 22.1 Å². The molecule has 0 aromatic heterocycles. The van der Waals surface area contributed by atoms with E-state index in [4.69, 9.17) is 5.11 Å². The first kappa shape index (κ1) is 15.1. The summed E-state index contributed by atoms with van der Waals surface area (Å²) < 4.78 is 0.249. The molecule has 102 valence electrons. The first-order chi connectivity index (χ1) is 8.86. The van der Waals surface area contributed by atoms with E-state index < -0.39 is 22.8 Å². The summed E-state index contributed by atoms with van der Waals surface area (Å²) in [6.07, 6.45) is 0.222. The highest BCUT2D eigenvalue weighted by molar-refractivity contribution is 9.10. The molecule has 0 bridgehead atoms. The van der Waals surface area contributed by atoms with Crippen molar-refractivity contribution in [1.29, 1.82) is 0 Å². The normalized spacial score (nSPS) is 11.7. The van der Waals surface area contributed by atoms with Gasteiger partial charge in [-0.2, -0.15) is 0 Å². The van der Waals surface area contributed by atoms with Crippen LogP contribution >= 0.6 is 15.9 Å². The molecule has 1 rings (SSSR count). The van der Waals surface area contributed by atoms with E-state index in [0.29, 0.717) is 0 Å². The van der Waals surface area contributed by atoms with Crippen LogP contribution in [0, 0.1) is 10.1 Å². The molecule has 0 spiro atoms. The summed E-state index contributed by atoms with van der Waals surface area (Å²) in [5.74, 6) is -1.81. The molecule has 0 aliphatic rings. The van der Waals surface area contributed by atoms with Crippen molar-refractivity contribution in [3.05, 3.63) is 38.3 Å². The molecule has 1 atom stereocenters. The Morgan fingerprint density at radius 1 is 1.53 bits per heavy atom. The van der Waals surface area contributed by atoms with Gasteiger partial charge in [0.15, 0.2) is 0 Å². The van der Waals surface area contributed by atoms with Crippen molar-refractivity contribution >= 4 is 33.5 Å². The second-order valence-electron chi connectivity index (χ2n) is 3.70. The van der Waals surface area contributed by atoms with E-state index in [1.165, 1.54) is 12.1 Å². The summed E-state index contributed by atoms with van der Waals surface area (Å²) >= 11 is 3.00. The van der Waals surface area contributed by atoms with Crippen molar-refractivity contribution in [1.82, 2.24) is 5.32 Å². The molecule has 1 aromatic rings. The maximum atomic E-state index is 11.8. The zero-order valence-corrected chi connectivity index (χ0v) is 11.5. The molecular formula is C11H11BrN2O5. The molecule has 19 heavy (non-hydrogen) atoms. The fourth-order valence-corrected chi connectivity index (χ4v) is 1.77. The minimum Gasteiger partial charge on any atom is -0.480 e. The topological polar surface area (TPSA) is 110 Å². The van der Waals surface area contributed by atoms with Crippen molar-refractivity contribution in [2.24, 2.45) is 0 Å². The largest absolute Gasteiger partial charge is 0.480 e. The highest BCUT2D eigenvalue weighted by atomic mass is 79.9. The number of carbonyl (C=O) groups is 2. The third kappa shape index (κ3) is 3.75. The van der Waals surface area contributed by atoms with Crippen LogP contribution in [-0.2, 0) is 4.79 Å². The second-order valence-corrected chi connectivity index (χ2v) is 4.55. The number of rotatable bonds is 5. The minimum absolute atomic E-state index is 0.0367. The SMILES string of the molecule is CC[C@H](NC(=O)c1ccc(Br)c([N+](=O)[O-])c1)C(=O)O. The number of carboxylic acids is 1. The number of amides is 1. The number of aliphatic carboxylic acids is 1. The van der Waals surface area contributed by atoms with E-state index in [9.17, 15) is 19.7 Å². The molecule has 1 aromatic carbocycles. The zero-order chi connectivity index (χ0) is 14.6. The van der Waals surface area contributed by atoms with Crippen LogP contribution in [0.3, 0.4) is 0 Å². The van der Waals surface area contributed by atoms with Gasteiger partial charge in [0, 0.05) is 11.6 Å². The third-order valence-corrected chi connectivity index (χ3v) is 3.09. The Hall–Kier alpha value is -1.96. The fourth-order valence-electron chi connectivity index (χ4n) is 1.37. The van der Waals surface area contributed by atoms with Gasteiger partial charge in [0.05, 0.1) is 9.40 Å². The van der Waals surface area contributed by atoms with Crippen molar-refractivity contribution < 1.29 is 19.6 Å². The van der Waals surface area contributed by atoms with Crippen LogP contribution < -0.4 is 5.32 Å². The van der Waals surface area contributed by atoms with Gasteiger partial charge in [0.2, 0.25) is 0 Å². The maximum Gasteiger partial charge on any atom is 0.326 e. The smallest absolute Gasteiger partial charge is 0.326 e. The van der Waals surface area contributed by atoms with E-state index in [0.717, 1.165) is 6.07 Å². The van der Waals surface area contributed by atoms with E-state index in [1.807, 2.05) is 0 Å². The Labute approximate surface area is 116 Å². The highest BCUT2D eigenvalue weighted by Crippen LogP contribution is 2.25. The van der Waals surface area contributed by atoms with Gasteiger partial charge < -0.3 is 10.4 Å². The van der Waals surface area contributed by atoms with Crippen molar-refractivity contribution in [3.8, 4) is 0 Å². The van der Waals surface area contributed by atoms with Gasteiger partial charge in [-0.25, -0.2) is 4.79 Å². The minimum atomic E-state index is -1.15. The van der Waals surface area contributed by atoms with Crippen molar-refractivity contribution in [3.63, 3.8) is 0 Å². The molecule has 2 N–H and O–H groups in total. The summed E-state index contributed by atoms with van der Waals surface area (Å²) in [4.78, 5) is 32.7. The summed E-state index contributed by atoms with van der Waals surface area (Å²) in [7, 11) is 0. The predicted molar refractivity (Wildman–Crippen MR) is 70.0 cm³/mol. The van der Waals surface area contributed by atoms with Crippen molar-refractivity contribution in [2.75, 3.05) is 0 Å². The van der Waals surface area contributed by atoms with Crippen LogP contribution in [-0.4, -0.2) is 27.9 Å². The average Bonchev–Trinajstić information content (AvgIpc) is 2.35. The van der Waals surface area contributed by atoms with Crippen LogP contribution in [0.2, 0.25) is 0 Å². The lowest BCUT2D eigenvalue weighted by Gasteiger charge is -2.12. The predicted octanol–water partition coefficient (Wildman–Crippen LogP) is 1.95. The van der Waals surface area contributed by atoms with Crippen LogP contribution in [0.5, 0.6) is 0 Å². The molecule has 8 heteroatoms. The number of benzene rings is 1. The lowest BCUT2D eigenvalue weighted by molar-refractivity contribution is -0.385. The first-order valence-electron chi connectivity index (χ1n) is 5.34. The van der Waals surface area contributed by atoms with Gasteiger partial charge in [-0.05, 0) is 34.5 Å². The van der Waals surface area contributed by atoms with E-state index in [2.05, 4.69) is 21.2 Å². The van der Waals surface area contributed by atoms with Crippen molar-refractivity contribution in [2.45, 2.75) is 19.4 Å². The maximum absolute atomic E-state index is 11.8. The lowest BCUT2D eigenvalue weighted by Crippen LogP contribution is -2.40. The zero-order valence-electron chi connectivity index (χ0n) is 9.92. The van der Waals surface area contributed by atoms with Gasteiger partial charge in [0.1, 0.15) is 6.04 Å². The molecular weight excluding hydrogens is 320 g/mol. The van der Waals surface area contributed by atoms with Crippen LogP contribution in [0.15, 0.2) is 22.7 Å². The second kappa shape index (κ2) is 6.28. The first-order valence-corrected chi connectivity index (χ1v) is 6.13. The van der Waals surface area contributed by atoms with Gasteiger partial charge >= 0.3 is 5.97 Å². The quantitative estimate of drug-likeness (QED) is 0.633. The van der Waals surface area contributed by atoms with Gasteiger partial charge in [-0.15, -0.1) is 0 Å². The molecule has 0 saturated heterocycles. The number of halogens is 1. The third-order valence-electron chi connectivity index (χ3n) is 2.42. The molecule has 0 radical (unpaired) electrons. The van der Waals surface area contributed by atoms with Crippen LogP contribution in [0.25, 0.3) is 0 Å². The molecule has 0 aliphatic carbocycles. The van der Waals surface area contributed by atoms with Gasteiger partial charge in [-0.3, -0.25) is 14.9 Å². The Balaban J connectivity index is 2.97. The summed E-state index contributed by atoms with van der Waals surface area (Å²) in [5.41, 5.74) is -0.217. The van der Waals surface area contributed by atoms with Gasteiger partial charge in [0.25, 0.3) is 11.6 Å². The number of nitrogens with zero attached hydrogens (tertiary/aromatic N) is 1. The molecule has 0 heterocycles. The molecule has 0 aliphatic heterocycles. The highest BCUT2D eigenvalue weighted by Gasteiger charge is 2.21. The number of hydrogen-bond donors (Lipinski definition) is 2. The monoisotopic (exact) mass is 330 g/mol. The number of carboxylic acid groups (broad SMARTS) is 1. The summed E-state index contributed by atoms with van der Waals surface area (Å²) in [6.45, 7) is 1.61.